The molecule has 3 aromatic rings. The number of hydrogen-bond acceptors (Lipinski definition) is 5. The van der Waals surface area contributed by atoms with Crippen LogP contribution < -0.4 is 5.32 Å². The third kappa shape index (κ3) is 5.48. The van der Waals surface area contributed by atoms with Crippen LogP contribution in [0.3, 0.4) is 0 Å². The summed E-state index contributed by atoms with van der Waals surface area (Å²) in [5, 5.41) is 3.32. The number of carbonyl (C=O) groups excluding carboxylic acids is 2. The minimum absolute atomic E-state index is 0.00719. The Hall–Kier alpha value is -3.03. The molecule has 4 atom stereocenters. The Bertz CT molecular complexity index is 1240. The first-order chi connectivity index (χ1) is 17.8. The highest BCUT2D eigenvalue weighted by Crippen LogP contribution is 2.34. The molecule has 2 saturated heterocycles. The van der Waals surface area contributed by atoms with Gasteiger partial charge in [0, 0.05) is 43.8 Å². The maximum absolute atomic E-state index is 13.3. The van der Waals surface area contributed by atoms with Gasteiger partial charge in [-0.3, -0.25) is 14.6 Å². The summed E-state index contributed by atoms with van der Waals surface area (Å²) in [5.74, 6) is 1.34. The smallest absolute Gasteiger partial charge is 0.261 e. The van der Waals surface area contributed by atoms with E-state index in [1.54, 1.807) is 6.20 Å². The largest absolute Gasteiger partial charge is 0.344 e. The number of nitrogens with one attached hydrogen (secondary N) is 1. The summed E-state index contributed by atoms with van der Waals surface area (Å²) in [6.45, 7) is 12.7. The van der Waals surface area contributed by atoms with Crippen LogP contribution >= 0.6 is 11.3 Å². The summed E-state index contributed by atoms with van der Waals surface area (Å²) in [7, 11) is 0. The molecule has 2 aliphatic rings. The van der Waals surface area contributed by atoms with E-state index in [0.717, 1.165) is 64.9 Å². The summed E-state index contributed by atoms with van der Waals surface area (Å²) in [5.41, 5.74) is 3.70. The molecule has 4 heterocycles. The number of fused-ring (bicyclic) bond motifs is 1. The van der Waals surface area contributed by atoms with Crippen LogP contribution in [0.25, 0.3) is 0 Å². The van der Waals surface area contributed by atoms with Gasteiger partial charge >= 0.3 is 0 Å². The fraction of sp³-hybridized carbons (Fsp3) is 0.433. The maximum Gasteiger partial charge on any atom is 0.261 e. The summed E-state index contributed by atoms with van der Waals surface area (Å²) in [6.07, 6.45) is 1.77. The van der Waals surface area contributed by atoms with E-state index in [2.05, 4.69) is 34.3 Å². The van der Waals surface area contributed by atoms with Crippen molar-refractivity contribution in [1.82, 2.24) is 20.1 Å². The third-order valence-corrected chi connectivity index (χ3v) is 8.94. The minimum Gasteiger partial charge on any atom is -0.344 e. The van der Waals surface area contributed by atoms with Crippen LogP contribution in [0.1, 0.15) is 54.7 Å². The van der Waals surface area contributed by atoms with Crippen LogP contribution in [0.2, 0.25) is 0 Å². The van der Waals surface area contributed by atoms with Gasteiger partial charge in [0.05, 0.1) is 22.2 Å². The Morgan fingerprint density at radius 3 is 2.32 bits per heavy atom. The normalized spacial score (nSPS) is 21.0. The van der Waals surface area contributed by atoms with Gasteiger partial charge in [-0.1, -0.05) is 37.3 Å². The number of likely N-dealkylation sites (tertiary alicyclic amines) is 2. The van der Waals surface area contributed by atoms with Gasteiger partial charge < -0.3 is 15.1 Å². The van der Waals surface area contributed by atoms with Gasteiger partial charge in [-0.25, -0.2) is 0 Å². The maximum atomic E-state index is 13.3. The predicted octanol–water partition coefficient (Wildman–Crippen LogP) is 4.88. The van der Waals surface area contributed by atoms with Crippen LogP contribution in [0.5, 0.6) is 0 Å². The minimum atomic E-state index is -0.0637. The molecule has 6 nitrogen and oxygen atoms in total. The Balaban J connectivity index is 1.22. The molecule has 0 bridgehead atoms. The number of pyridine rings is 1. The molecule has 7 heteroatoms. The topological polar surface area (TPSA) is 65.5 Å². The number of aryl methyl sites for hydroxylation is 3. The van der Waals surface area contributed by atoms with E-state index in [0.29, 0.717) is 11.8 Å². The molecular formula is C30H36N4O2S. The molecule has 1 N–H and O–H groups in total. The van der Waals surface area contributed by atoms with E-state index in [9.17, 15) is 9.59 Å². The predicted molar refractivity (Wildman–Crippen MR) is 148 cm³/mol. The highest BCUT2D eigenvalue weighted by Gasteiger charge is 2.42. The molecule has 0 radical (unpaired) electrons. The summed E-state index contributed by atoms with van der Waals surface area (Å²) in [4.78, 5) is 37.1. The Morgan fingerprint density at radius 1 is 1.00 bits per heavy atom. The monoisotopic (exact) mass is 516 g/mol. The number of hydrogen-bond donors (Lipinski definition) is 1. The number of carbonyl (C=O) groups is 2. The molecule has 3 unspecified atom stereocenters. The standard InChI is InChI=1S/C30H36N4O2S/c1-19-12-13-31-22(4)27(19)30(36)34-17-24-15-33(16-25(24)18-34)14-20(2)28(23-8-6-5-7-9-23)32-29(35)26-11-10-21(3)37-26/h5-13,20,24-25,28H,14-18H2,1-4H3,(H,32,35)/t20?,24-,25?,28?/m0/s1. The second-order valence-electron chi connectivity index (χ2n) is 10.8. The second-order valence-corrected chi connectivity index (χ2v) is 12.1. The molecule has 2 amide bonds. The molecule has 0 spiro atoms. The fourth-order valence-corrected chi connectivity index (χ4v) is 6.85. The van der Waals surface area contributed by atoms with Gasteiger partial charge in [0.2, 0.25) is 0 Å². The molecule has 37 heavy (non-hydrogen) atoms. The van der Waals surface area contributed by atoms with E-state index in [1.165, 1.54) is 11.3 Å². The van der Waals surface area contributed by atoms with Crippen molar-refractivity contribution in [2.24, 2.45) is 17.8 Å². The van der Waals surface area contributed by atoms with Crippen LogP contribution in [-0.4, -0.2) is 59.3 Å². The molecule has 5 rings (SSSR count). The molecule has 2 fully saturated rings. The van der Waals surface area contributed by atoms with Crippen molar-refractivity contribution in [1.29, 1.82) is 0 Å². The Morgan fingerprint density at radius 2 is 1.70 bits per heavy atom. The number of benzene rings is 1. The zero-order valence-corrected chi connectivity index (χ0v) is 22.9. The van der Waals surface area contributed by atoms with Gasteiger partial charge in [0.15, 0.2) is 0 Å². The fourth-order valence-electron chi connectivity index (χ4n) is 6.08. The van der Waals surface area contributed by atoms with Gasteiger partial charge in [-0.2, -0.15) is 0 Å². The first-order valence-electron chi connectivity index (χ1n) is 13.2. The van der Waals surface area contributed by atoms with Crippen molar-refractivity contribution in [3.8, 4) is 0 Å². The quantitative estimate of drug-likeness (QED) is 0.486. The second kappa shape index (κ2) is 10.8. The molecule has 2 aliphatic heterocycles. The van der Waals surface area contributed by atoms with E-state index in [4.69, 9.17) is 0 Å². The lowest BCUT2D eigenvalue weighted by Crippen LogP contribution is -2.39. The van der Waals surface area contributed by atoms with Crippen LogP contribution in [0.15, 0.2) is 54.7 Å². The number of rotatable bonds is 7. The van der Waals surface area contributed by atoms with E-state index in [-0.39, 0.29) is 23.8 Å². The van der Waals surface area contributed by atoms with Gasteiger partial charge in [0.25, 0.3) is 11.8 Å². The number of aromatic nitrogens is 1. The first kappa shape index (κ1) is 25.6. The SMILES string of the molecule is Cc1ccc(C(=O)NC(c2ccccc2)C(C)CN2CC3CN(C(=O)c4c(C)ccnc4C)C[C@@H]3C2)s1. The van der Waals surface area contributed by atoms with Crippen molar-refractivity contribution < 1.29 is 9.59 Å². The average Bonchev–Trinajstić information content (AvgIpc) is 3.57. The molecule has 1 aromatic carbocycles. The third-order valence-electron chi connectivity index (χ3n) is 7.94. The van der Waals surface area contributed by atoms with Gasteiger partial charge in [-0.05, 0) is 67.9 Å². The van der Waals surface area contributed by atoms with Crippen LogP contribution in [0, 0.1) is 38.5 Å². The number of thiophene rings is 1. The lowest BCUT2D eigenvalue weighted by atomic mass is 9.93. The van der Waals surface area contributed by atoms with Gasteiger partial charge in [-0.15, -0.1) is 11.3 Å². The highest BCUT2D eigenvalue weighted by atomic mass is 32.1. The molecule has 0 saturated carbocycles. The number of nitrogens with zero attached hydrogens (tertiary/aromatic N) is 3. The lowest BCUT2D eigenvalue weighted by Gasteiger charge is -2.30. The van der Waals surface area contributed by atoms with Crippen LogP contribution in [0.4, 0.5) is 0 Å². The highest BCUT2D eigenvalue weighted by molar-refractivity contribution is 7.13. The Labute approximate surface area is 223 Å². The zero-order chi connectivity index (χ0) is 26.1. The van der Waals surface area contributed by atoms with E-state index in [1.807, 2.05) is 62.1 Å². The summed E-state index contributed by atoms with van der Waals surface area (Å²) in [6, 6.07) is 16.0. The summed E-state index contributed by atoms with van der Waals surface area (Å²) >= 11 is 1.53. The van der Waals surface area contributed by atoms with Crippen molar-refractivity contribution in [2.75, 3.05) is 32.7 Å². The van der Waals surface area contributed by atoms with E-state index < -0.39 is 0 Å². The van der Waals surface area contributed by atoms with Gasteiger partial charge in [0.1, 0.15) is 0 Å². The van der Waals surface area contributed by atoms with Crippen molar-refractivity contribution >= 4 is 23.2 Å². The molecule has 2 aromatic heterocycles. The zero-order valence-electron chi connectivity index (χ0n) is 22.1. The first-order valence-corrected chi connectivity index (χ1v) is 14.0. The van der Waals surface area contributed by atoms with Crippen LogP contribution in [-0.2, 0) is 0 Å². The average molecular weight is 517 g/mol. The Kier molecular flexibility index (Phi) is 7.45. The van der Waals surface area contributed by atoms with Crippen molar-refractivity contribution in [2.45, 2.75) is 33.7 Å². The lowest BCUT2D eigenvalue weighted by molar-refractivity contribution is 0.0770. The van der Waals surface area contributed by atoms with E-state index >= 15 is 0 Å². The van der Waals surface area contributed by atoms with Crippen molar-refractivity contribution in [3.63, 3.8) is 0 Å². The molecule has 0 aliphatic carbocycles. The number of amides is 2. The molecular weight excluding hydrogens is 480 g/mol. The van der Waals surface area contributed by atoms with Crippen molar-refractivity contribution in [3.05, 3.63) is 86.9 Å². The molecule has 194 valence electrons. The summed E-state index contributed by atoms with van der Waals surface area (Å²) < 4.78 is 0.